The van der Waals surface area contributed by atoms with Crippen LogP contribution in [0.1, 0.15) is 32.8 Å². The van der Waals surface area contributed by atoms with Gasteiger partial charge in [0.1, 0.15) is 0 Å². The SMILES string of the molecule is CC(C)(S)CCO.CCc1ccc(O)c(OC)c1. The van der Waals surface area contributed by atoms with Gasteiger partial charge in [-0.3, -0.25) is 0 Å². The molecule has 0 spiro atoms. The summed E-state index contributed by atoms with van der Waals surface area (Å²) in [4.78, 5) is 0. The van der Waals surface area contributed by atoms with Crippen LogP contribution in [0.4, 0.5) is 0 Å². The minimum absolute atomic E-state index is 0.00521. The van der Waals surface area contributed by atoms with Gasteiger partial charge in [-0.1, -0.05) is 26.8 Å². The Labute approximate surface area is 115 Å². The molecular formula is C14H24O3S. The molecule has 0 bridgehead atoms. The van der Waals surface area contributed by atoms with Gasteiger partial charge in [0, 0.05) is 11.4 Å². The number of thiol groups is 1. The number of hydrogen-bond acceptors (Lipinski definition) is 4. The Morgan fingerprint density at radius 2 is 1.94 bits per heavy atom. The number of aliphatic hydroxyl groups is 1. The minimum Gasteiger partial charge on any atom is -0.504 e. The first kappa shape index (κ1) is 17.1. The van der Waals surface area contributed by atoms with Crippen molar-refractivity contribution in [2.75, 3.05) is 13.7 Å². The van der Waals surface area contributed by atoms with Gasteiger partial charge in [-0.15, -0.1) is 0 Å². The first-order valence-electron chi connectivity index (χ1n) is 6.03. The highest BCUT2D eigenvalue weighted by Crippen LogP contribution is 2.26. The van der Waals surface area contributed by atoms with Crippen LogP contribution in [0, 0.1) is 0 Å². The fourth-order valence-electron chi connectivity index (χ4n) is 1.22. The molecule has 0 aliphatic rings. The number of aliphatic hydroxyl groups excluding tert-OH is 1. The molecule has 0 fully saturated rings. The van der Waals surface area contributed by atoms with Crippen molar-refractivity contribution in [2.45, 2.75) is 38.4 Å². The van der Waals surface area contributed by atoms with Gasteiger partial charge < -0.3 is 14.9 Å². The monoisotopic (exact) mass is 272 g/mol. The van der Waals surface area contributed by atoms with Crippen molar-refractivity contribution >= 4 is 12.6 Å². The van der Waals surface area contributed by atoms with E-state index in [0.29, 0.717) is 5.75 Å². The first-order valence-corrected chi connectivity index (χ1v) is 6.48. The molecule has 0 unspecified atom stereocenters. The largest absolute Gasteiger partial charge is 0.504 e. The van der Waals surface area contributed by atoms with Crippen LogP contribution < -0.4 is 4.74 Å². The summed E-state index contributed by atoms with van der Waals surface area (Å²) in [6, 6.07) is 5.38. The second-order valence-electron chi connectivity index (χ2n) is 4.65. The lowest BCUT2D eigenvalue weighted by molar-refractivity contribution is 0.276. The molecule has 0 aliphatic carbocycles. The molecular weight excluding hydrogens is 248 g/mol. The average molecular weight is 272 g/mol. The van der Waals surface area contributed by atoms with E-state index < -0.39 is 0 Å². The Morgan fingerprint density at radius 3 is 2.28 bits per heavy atom. The van der Waals surface area contributed by atoms with Crippen molar-refractivity contribution < 1.29 is 14.9 Å². The number of phenolic OH excluding ortho intramolecular Hbond substituents is 1. The maximum Gasteiger partial charge on any atom is 0.160 e. The Hall–Kier alpha value is -0.870. The van der Waals surface area contributed by atoms with Gasteiger partial charge in [-0.25, -0.2) is 0 Å². The van der Waals surface area contributed by atoms with Gasteiger partial charge in [-0.05, 0) is 30.5 Å². The summed E-state index contributed by atoms with van der Waals surface area (Å²) >= 11 is 4.17. The fourth-order valence-corrected chi connectivity index (χ4v) is 1.32. The van der Waals surface area contributed by atoms with E-state index in [1.54, 1.807) is 13.2 Å². The Kier molecular flexibility index (Phi) is 7.87. The van der Waals surface area contributed by atoms with Crippen LogP contribution in [0.5, 0.6) is 11.5 Å². The van der Waals surface area contributed by atoms with Gasteiger partial charge in [0.2, 0.25) is 0 Å². The standard InChI is InChI=1S/C9H12O2.C5H12OS/c1-3-7-4-5-8(10)9(6-7)11-2;1-5(2,7)3-4-6/h4-6,10H,3H2,1-2H3;6-7H,3-4H2,1-2H3. The lowest BCUT2D eigenvalue weighted by Crippen LogP contribution is -2.11. The second kappa shape index (κ2) is 8.27. The summed E-state index contributed by atoms with van der Waals surface area (Å²) in [5.41, 5.74) is 1.17. The third kappa shape index (κ3) is 7.45. The summed E-state index contributed by atoms with van der Waals surface area (Å²) in [6.45, 7) is 6.25. The zero-order valence-electron chi connectivity index (χ0n) is 11.6. The van der Waals surface area contributed by atoms with E-state index in [1.807, 2.05) is 26.0 Å². The number of benzene rings is 1. The molecule has 4 heteroatoms. The highest BCUT2D eigenvalue weighted by molar-refractivity contribution is 7.81. The molecule has 0 radical (unpaired) electrons. The van der Waals surface area contributed by atoms with Gasteiger partial charge in [0.15, 0.2) is 11.5 Å². The van der Waals surface area contributed by atoms with Crippen LogP contribution in [0.15, 0.2) is 18.2 Å². The lowest BCUT2D eigenvalue weighted by atomic mass is 10.1. The predicted molar refractivity (Wildman–Crippen MR) is 78.8 cm³/mol. The number of rotatable bonds is 4. The molecule has 0 heterocycles. The van der Waals surface area contributed by atoms with Crippen LogP contribution in [-0.2, 0) is 6.42 Å². The molecule has 0 saturated carbocycles. The van der Waals surface area contributed by atoms with Crippen LogP contribution >= 0.6 is 12.6 Å². The summed E-state index contributed by atoms with van der Waals surface area (Å²) in [5, 5.41) is 17.6. The number of methoxy groups -OCH3 is 1. The minimum atomic E-state index is -0.00521. The molecule has 1 aromatic carbocycles. The van der Waals surface area contributed by atoms with Gasteiger partial charge in [0.05, 0.1) is 7.11 Å². The van der Waals surface area contributed by atoms with Crippen molar-refractivity contribution in [1.82, 2.24) is 0 Å². The quantitative estimate of drug-likeness (QED) is 0.738. The van der Waals surface area contributed by atoms with E-state index in [1.165, 1.54) is 5.56 Å². The van der Waals surface area contributed by atoms with Crippen LogP contribution in [0.25, 0.3) is 0 Å². The van der Waals surface area contributed by atoms with Crippen LogP contribution in [-0.4, -0.2) is 28.7 Å². The van der Waals surface area contributed by atoms with Gasteiger partial charge in [0.25, 0.3) is 0 Å². The summed E-state index contributed by atoms with van der Waals surface area (Å²) in [7, 11) is 1.55. The Balaban J connectivity index is 0.000000360. The maximum atomic E-state index is 9.21. The molecule has 0 saturated heterocycles. The van der Waals surface area contributed by atoms with E-state index in [9.17, 15) is 5.11 Å². The smallest absolute Gasteiger partial charge is 0.160 e. The van der Waals surface area contributed by atoms with Gasteiger partial charge in [-0.2, -0.15) is 12.6 Å². The Bertz CT molecular complexity index is 345. The number of aryl methyl sites for hydroxylation is 1. The van der Waals surface area contributed by atoms with Crippen molar-refractivity contribution in [2.24, 2.45) is 0 Å². The van der Waals surface area contributed by atoms with E-state index in [0.717, 1.165) is 12.8 Å². The molecule has 3 nitrogen and oxygen atoms in total. The number of hydrogen-bond donors (Lipinski definition) is 3. The van der Waals surface area contributed by atoms with Crippen molar-refractivity contribution in [1.29, 1.82) is 0 Å². The fraction of sp³-hybridized carbons (Fsp3) is 0.571. The molecule has 0 amide bonds. The summed E-state index contributed by atoms with van der Waals surface area (Å²) < 4.78 is 4.93. The van der Waals surface area contributed by atoms with E-state index in [-0.39, 0.29) is 17.1 Å². The summed E-state index contributed by atoms with van der Waals surface area (Å²) in [6.07, 6.45) is 1.72. The third-order valence-corrected chi connectivity index (χ3v) is 2.60. The van der Waals surface area contributed by atoms with Crippen LogP contribution in [0.2, 0.25) is 0 Å². The molecule has 0 atom stereocenters. The van der Waals surface area contributed by atoms with Crippen LogP contribution in [0.3, 0.4) is 0 Å². The highest BCUT2D eigenvalue weighted by Gasteiger charge is 2.08. The molecule has 0 aromatic heterocycles. The molecule has 18 heavy (non-hydrogen) atoms. The van der Waals surface area contributed by atoms with E-state index >= 15 is 0 Å². The molecule has 0 aliphatic heterocycles. The molecule has 2 N–H and O–H groups in total. The maximum absolute atomic E-state index is 9.21. The number of phenols is 1. The topological polar surface area (TPSA) is 49.7 Å². The van der Waals surface area contributed by atoms with Crippen molar-refractivity contribution in [3.63, 3.8) is 0 Å². The molecule has 104 valence electrons. The summed E-state index contributed by atoms with van der Waals surface area (Å²) in [5.74, 6) is 0.744. The lowest BCUT2D eigenvalue weighted by Gasteiger charge is -2.13. The molecule has 1 aromatic rings. The number of ether oxygens (including phenoxy) is 1. The van der Waals surface area contributed by atoms with Gasteiger partial charge >= 0.3 is 0 Å². The van der Waals surface area contributed by atoms with E-state index in [4.69, 9.17) is 9.84 Å². The normalized spacial score (nSPS) is 10.6. The third-order valence-electron chi connectivity index (χ3n) is 2.38. The first-order chi connectivity index (χ1) is 8.34. The average Bonchev–Trinajstić information content (AvgIpc) is 2.29. The zero-order valence-corrected chi connectivity index (χ0v) is 12.5. The predicted octanol–water partition coefficient (Wildman–Crippen LogP) is 3.04. The second-order valence-corrected chi connectivity index (χ2v) is 5.86. The zero-order chi connectivity index (χ0) is 14.2. The Morgan fingerprint density at radius 1 is 1.33 bits per heavy atom. The molecule has 1 rings (SSSR count). The highest BCUT2D eigenvalue weighted by atomic mass is 32.1. The van der Waals surface area contributed by atoms with E-state index in [2.05, 4.69) is 19.6 Å². The number of aromatic hydroxyl groups is 1. The van der Waals surface area contributed by atoms with Crippen molar-refractivity contribution in [3.8, 4) is 11.5 Å². The van der Waals surface area contributed by atoms with Crippen molar-refractivity contribution in [3.05, 3.63) is 23.8 Å².